The molecule has 23 heavy (non-hydrogen) atoms. The molecule has 1 aliphatic carbocycles. The van der Waals surface area contributed by atoms with Gasteiger partial charge in [0.15, 0.2) is 0 Å². The molecule has 4 rings (SSSR count). The van der Waals surface area contributed by atoms with E-state index in [0.717, 1.165) is 31.6 Å². The topological polar surface area (TPSA) is 15.7 Å². The smallest absolute Gasteiger partial charge is 0.0512 e. The van der Waals surface area contributed by atoms with Crippen LogP contribution in [0.3, 0.4) is 0 Å². The number of ether oxygens (including phenoxy) is 1. The van der Waals surface area contributed by atoms with Gasteiger partial charge in [0, 0.05) is 37.0 Å². The van der Waals surface area contributed by atoms with Crippen LogP contribution in [-0.4, -0.2) is 56.2 Å². The molecule has 0 radical (unpaired) electrons. The van der Waals surface area contributed by atoms with Crippen LogP contribution in [0.25, 0.3) is 0 Å². The fourth-order valence-corrected chi connectivity index (χ4v) is 5.28. The van der Waals surface area contributed by atoms with Crippen molar-refractivity contribution in [3.8, 4) is 0 Å². The Bertz CT molecular complexity index is 491. The van der Waals surface area contributed by atoms with Gasteiger partial charge in [-0.05, 0) is 68.6 Å². The summed E-state index contributed by atoms with van der Waals surface area (Å²) < 4.78 is 6.09. The molecule has 3 aliphatic rings. The van der Waals surface area contributed by atoms with Gasteiger partial charge in [-0.2, -0.15) is 0 Å². The normalized spacial score (nSPS) is 28.7. The Kier molecular flexibility index (Phi) is 4.77. The van der Waals surface area contributed by atoms with E-state index in [0.29, 0.717) is 5.41 Å². The molecular formula is C19H30N2OS. The van der Waals surface area contributed by atoms with Crippen LogP contribution in [0, 0.1) is 17.3 Å². The molecule has 0 aromatic carbocycles. The van der Waals surface area contributed by atoms with Crippen LogP contribution in [0.1, 0.15) is 30.6 Å². The Morgan fingerprint density at radius 3 is 2.78 bits per heavy atom. The third kappa shape index (κ3) is 3.81. The first-order valence-corrected chi connectivity index (χ1v) is 10.1. The molecule has 1 spiro atoms. The molecule has 4 heteroatoms. The fraction of sp³-hybridized carbons (Fsp3) is 0.789. The first kappa shape index (κ1) is 16.1. The van der Waals surface area contributed by atoms with Crippen molar-refractivity contribution < 1.29 is 4.74 Å². The van der Waals surface area contributed by atoms with Crippen molar-refractivity contribution in [1.82, 2.24) is 9.80 Å². The third-order valence-corrected chi connectivity index (χ3v) is 7.02. The van der Waals surface area contributed by atoms with E-state index in [4.69, 9.17) is 4.74 Å². The quantitative estimate of drug-likeness (QED) is 0.794. The van der Waals surface area contributed by atoms with Crippen molar-refractivity contribution in [3.63, 3.8) is 0 Å². The second kappa shape index (κ2) is 6.83. The van der Waals surface area contributed by atoms with Gasteiger partial charge in [0.1, 0.15) is 0 Å². The summed E-state index contributed by atoms with van der Waals surface area (Å²) in [7, 11) is 2.29. The van der Waals surface area contributed by atoms with Crippen molar-refractivity contribution in [2.45, 2.75) is 32.2 Å². The highest BCUT2D eigenvalue weighted by Gasteiger charge is 2.46. The minimum atomic E-state index is 0.518. The van der Waals surface area contributed by atoms with E-state index in [1.54, 1.807) is 0 Å². The van der Waals surface area contributed by atoms with E-state index in [1.807, 2.05) is 11.3 Å². The molecule has 0 amide bonds. The SMILES string of the molecule is CN1CC(COCC2CC2)C2(CCN(Cc3cccs3)CC2)C1. The molecule has 2 aliphatic heterocycles. The zero-order valence-electron chi connectivity index (χ0n) is 14.4. The minimum Gasteiger partial charge on any atom is -0.381 e. The molecular weight excluding hydrogens is 304 g/mol. The summed E-state index contributed by atoms with van der Waals surface area (Å²) in [5.74, 6) is 1.63. The largest absolute Gasteiger partial charge is 0.381 e. The van der Waals surface area contributed by atoms with Crippen LogP contribution < -0.4 is 0 Å². The molecule has 1 atom stereocenters. The second-order valence-corrected chi connectivity index (χ2v) is 9.12. The van der Waals surface area contributed by atoms with Crippen molar-refractivity contribution in [1.29, 1.82) is 0 Å². The Morgan fingerprint density at radius 1 is 1.26 bits per heavy atom. The van der Waals surface area contributed by atoms with Crippen molar-refractivity contribution in [2.75, 3.05) is 46.4 Å². The van der Waals surface area contributed by atoms with Gasteiger partial charge in [-0.3, -0.25) is 4.90 Å². The third-order valence-electron chi connectivity index (χ3n) is 6.16. The van der Waals surface area contributed by atoms with Crippen LogP contribution in [0.15, 0.2) is 17.5 Å². The van der Waals surface area contributed by atoms with E-state index < -0.39 is 0 Å². The summed E-state index contributed by atoms with van der Waals surface area (Å²) in [4.78, 5) is 6.70. The average molecular weight is 335 g/mol. The lowest BCUT2D eigenvalue weighted by atomic mass is 9.71. The van der Waals surface area contributed by atoms with Crippen LogP contribution in [0.4, 0.5) is 0 Å². The molecule has 2 saturated heterocycles. The van der Waals surface area contributed by atoms with E-state index in [-0.39, 0.29) is 0 Å². The first-order valence-electron chi connectivity index (χ1n) is 9.25. The number of rotatable bonds is 6. The highest BCUT2D eigenvalue weighted by Crippen LogP contribution is 2.44. The highest BCUT2D eigenvalue weighted by atomic mass is 32.1. The molecule has 128 valence electrons. The van der Waals surface area contributed by atoms with Gasteiger partial charge in [0.05, 0.1) is 6.61 Å². The predicted molar refractivity (Wildman–Crippen MR) is 95.8 cm³/mol. The van der Waals surface area contributed by atoms with E-state index in [1.165, 1.54) is 56.7 Å². The summed E-state index contributed by atoms with van der Waals surface area (Å²) in [6.45, 7) is 8.17. The summed E-state index contributed by atoms with van der Waals surface area (Å²) in [5, 5.41) is 2.19. The molecule has 1 aromatic rings. The molecule has 3 heterocycles. The maximum atomic E-state index is 6.09. The van der Waals surface area contributed by atoms with Gasteiger partial charge in [0.2, 0.25) is 0 Å². The maximum Gasteiger partial charge on any atom is 0.0512 e. The minimum absolute atomic E-state index is 0.518. The van der Waals surface area contributed by atoms with E-state index in [2.05, 4.69) is 34.4 Å². The molecule has 1 unspecified atom stereocenters. The van der Waals surface area contributed by atoms with Crippen LogP contribution >= 0.6 is 11.3 Å². The van der Waals surface area contributed by atoms with Gasteiger partial charge in [0.25, 0.3) is 0 Å². The Labute approximate surface area is 144 Å². The average Bonchev–Trinajstić information content (AvgIpc) is 3.12. The maximum absolute atomic E-state index is 6.09. The number of nitrogens with zero attached hydrogens (tertiary/aromatic N) is 2. The molecule has 3 fully saturated rings. The zero-order chi connectivity index (χ0) is 15.7. The number of piperidine rings is 1. The van der Waals surface area contributed by atoms with Crippen molar-refractivity contribution in [2.24, 2.45) is 17.3 Å². The van der Waals surface area contributed by atoms with Gasteiger partial charge < -0.3 is 9.64 Å². The highest BCUT2D eigenvalue weighted by molar-refractivity contribution is 7.09. The van der Waals surface area contributed by atoms with Crippen molar-refractivity contribution >= 4 is 11.3 Å². The molecule has 0 N–H and O–H groups in total. The first-order chi connectivity index (χ1) is 11.2. The summed E-state index contributed by atoms with van der Waals surface area (Å²) in [5.41, 5.74) is 0.518. The van der Waals surface area contributed by atoms with Crippen LogP contribution in [0.5, 0.6) is 0 Å². The molecule has 1 aromatic heterocycles. The number of likely N-dealkylation sites (tertiary alicyclic amines) is 2. The van der Waals surface area contributed by atoms with Gasteiger partial charge in [-0.1, -0.05) is 6.07 Å². The van der Waals surface area contributed by atoms with Gasteiger partial charge >= 0.3 is 0 Å². The Morgan fingerprint density at radius 2 is 2.09 bits per heavy atom. The molecule has 1 saturated carbocycles. The van der Waals surface area contributed by atoms with Crippen LogP contribution in [-0.2, 0) is 11.3 Å². The summed E-state index contributed by atoms with van der Waals surface area (Å²) >= 11 is 1.89. The standard InChI is InChI=1S/C19H30N2OS/c1-20-11-17(14-22-13-16-4-5-16)19(15-20)6-8-21(9-7-19)12-18-3-2-10-23-18/h2-3,10,16-17H,4-9,11-15H2,1H3. The van der Waals surface area contributed by atoms with Crippen molar-refractivity contribution in [3.05, 3.63) is 22.4 Å². The van der Waals surface area contributed by atoms with Gasteiger partial charge in [-0.25, -0.2) is 0 Å². The van der Waals surface area contributed by atoms with E-state index >= 15 is 0 Å². The lowest BCUT2D eigenvalue weighted by Crippen LogP contribution is -2.44. The number of hydrogen-bond acceptors (Lipinski definition) is 4. The number of hydrogen-bond donors (Lipinski definition) is 0. The monoisotopic (exact) mass is 334 g/mol. The fourth-order valence-electron chi connectivity index (χ4n) is 4.54. The van der Waals surface area contributed by atoms with E-state index in [9.17, 15) is 0 Å². The molecule has 3 nitrogen and oxygen atoms in total. The van der Waals surface area contributed by atoms with Crippen LogP contribution in [0.2, 0.25) is 0 Å². The zero-order valence-corrected chi connectivity index (χ0v) is 15.2. The summed E-state index contributed by atoms with van der Waals surface area (Å²) in [6.07, 6.45) is 5.49. The second-order valence-electron chi connectivity index (χ2n) is 8.09. The molecule has 0 bridgehead atoms. The number of thiophene rings is 1. The lowest BCUT2D eigenvalue weighted by molar-refractivity contribution is 0.0169. The summed E-state index contributed by atoms with van der Waals surface area (Å²) in [6, 6.07) is 4.44. The Hall–Kier alpha value is -0.420. The van der Waals surface area contributed by atoms with Gasteiger partial charge in [-0.15, -0.1) is 11.3 Å². The lowest BCUT2D eigenvalue weighted by Gasteiger charge is -2.42. The predicted octanol–water partition coefficient (Wildman–Crippen LogP) is 3.32. The Balaban J connectivity index is 1.31.